The van der Waals surface area contributed by atoms with Gasteiger partial charge in [0.05, 0.1) is 12.1 Å². The second kappa shape index (κ2) is 5.32. The summed E-state index contributed by atoms with van der Waals surface area (Å²) in [6.07, 6.45) is 1.49. The fourth-order valence-electron chi connectivity index (χ4n) is 1.68. The molecule has 1 unspecified atom stereocenters. The minimum absolute atomic E-state index is 0.0703. The second-order valence-electron chi connectivity index (χ2n) is 3.90. The molecule has 82 valence electrons. The van der Waals surface area contributed by atoms with Crippen LogP contribution >= 0.6 is 0 Å². The van der Waals surface area contributed by atoms with Gasteiger partial charge in [0, 0.05) is 19.6 Å². The third-order valence-corrected chi connectivity index (χ3v) is 2.67. The number of nitrogens with one attached hydrogen (secondary N) is 1. The van der Waals surface area contributed by atoms with Gasteiger partial charge >= 0.3 is 0 Å². The average Bonchev–Trinajstić information content (AvgIpc) is 2.60. The molecule has 1 heterocycles. The molecule has 2 atom stereocenters. The summed E-state index contributed by atoms with van der Waals surface area (Å²) in [7, 11) is 0. The molecule has 1 aliphatic rings. The van der Waals surface area contributed by atoms with E-state index in [2.05, 4.69) is 5.32 Å². The average molecular weight is 200 g/mol. The topological polar surface area (TPSA) is 52.6 Å². The Bertz CT molecular complexity index is 197. The lowest BCUT2D eigenvalue weighted by molar-refractivity contribution is -0.125. The lowest BCUT2D eigenvalue weighted by Gasteiger charge is -2.22. The fraction of sp³-hybridized carbons (Fsp3) is 0.900. The lowest BCUT2D eigenvalue weighted by Crippen LogP contribution is -2.44. The number of aliphatic hydroxyl groups is 1. The number of hydrogen-bond donors (Lipinski definition) is 2. The van der Waals surface area contributed by atoms with Crippen molar-refractivity contribution in [2.45, 2.75) is 38.8 Å². The number of carbonyl (C=O) groups excluding carboxylic acids is 1. The van der Waals surface area contributed by atoms with Crippen molar-refractivity contribution in [1.29, 1.82) is 0 Å². The normalized spacial score (nSPS) is 24.9. The van der Waals surface area contributed by atoms with Crippen LogP contribution in [0, 0.1) is 0 Å². The highest BCUT2D eigenvalue weighted by Gasteiger charge is 2.27. The van der Waals surface area contributed by atoms with Crippen LogP contribution in [-0.2, 0) is 4.79 Å². The quantitative estimate of drug-likeness (QED) is 0.670. The van der Waals surface area contributed by atoms with Crippen molar-refractivity contribution in [2.75, 3.05) is 19.6 Å². The number of rotatable bonds is 4. The maximum Gasteiger partial charge on any atom is 0.237 e. The Balaban J connectivity index is 2.32. The van der Waals surface area contributed by atoms with Crippen LogP contribution in [0.5, 0.6) is 0 Å². The molecule has 4 heteroatoms. The molecular formula is C10H20N2O2. The van der Waals surface area contributed by atoms with Crippen LogP contribution in [0.2, 0.25) is 0 Å². The zero-order valence-corrected chi connectivity index (χ0v) is 8.99. The second-order valence-corrected chi connectivity index (χ2v) is 3.90. The first kappa shape index (κ1) is 11.5. The molecule has 14 heavy (non-hydrogen) atoms. The summed E-state index contributed by atoms with van der Waals surface area (Å²) >= 11 is 0. The van der Waals surface area contributed by atoms with Gasteiger partial charge in [-0.1, -0.05) is 6.92 Å². The molecule has 0 bridgehead atoms. The number of β-amino-alcohol motifs (C(OH)–C–C–N with tert-alkyl or cyclic N) is 1. The standard InChI is InChI=1S/C10H20N2O2/c1-3-5-11-10(14)8(2)12-6-4-9(13)7-12/h8-9,13H,3-7H2,1-2H3,(H,11,14)/t8?,9-/m1/s1. The SMILES string of the molecule is CCCNC(=O)C(C)N1CC[C@@H](O)C1. The largest absolute Gasteiger partial charge is 0.392 e. The third-order valence-electron chi connectivity index (χ3n) is 2.67. The van der Waals surface area contributed by atoms with Crippen LogP contribution in [-0.4, -0.2) is 47.7 Å². The monoisotopic (exact) mass is 200 g/mol. The lowest BCUT2D eigenvalue weighted by atomic mass is 10.2. The van der Waals surface area contributed by atoms with Gasteiger partial charge in [0.2, 0.25) is 5.91 Å². The van der Waals surface area contributed by atoms with Gasteiger partial charge in [0.1, 0.15) is 0 Å². The Morgan fingerprint density at radius 3 is 2.93 bits per heavy atom. The predicted octanol–water partition coefficient (Wildman–Crippen LogP) is -0.0323. The third kappa shape index (κ3) is 2.96. The van der Waals surface area contributed by atoms with Gasteiger partial charge in [-0.2, -0.15) is 0 Å². The molecule has 1 aliphatic heterocycles. The number of hydrogen-bond acceptors (Lipinski definition) is 3. The Labute approximate surface area is 85.3 Å². The van der Waals surface area contributed by atoms with Gasteiger partial charge in [0.25, 0.3) is 0 Å². The van der Waals surface area contributed by atoms with Gasteiger partial charge in [-0.05, 0) is 19.8 Å². The first-order chi connectivity index (χ1) is 6.65. The maximum atomic E-state index is 11.6. The minimum Gasteiger partial charge on any atom is -0.392 e. The van der Waals surface area contributed by atoms with Crippen LogP contribution in [0.3, 0.4) is 0 Å². The van der Waals surface area contributed by atoms with E-state index in [1.807, 2.05) is 18.7 Å². The van der Waals surface area contributed by atoms with E-state index in [1.54, 1.807) is 0 Å². The van der Waals surface area contributed by atoms with Crippen LogP contribution in [0.4, 0.5) is 0 Å². The van der Waals surface area contributed by atoms with Crippen LogP contribution in [0.25, 0.3) is 0 Å². The molecule has 2 N–H and O–H groups in total. The van der Waals surface area contributed by atoms with Crippen LogP contribution in [0.1, 0.15) is 26.7 Å². The molecule has 1 rings (SSSR count). The highest BCUT2D eigenvalue weighted by Crippen LogP contribution is 2.12. The summed E-state index contributed by atoms with van der Waals surface area (Å²) in [5, 5.41) is 12.2. The molecule has 0 spiro atoms. The summed E-state index contributed by atoms with van der Waals surface area (Å²) in [4.78, 5) is 13.6. The molecule has 4 nitrogen and oxygen atoms in total. The smallest absolute Gasteiger partial charge is 0.237 e. The number of amides is 1. The van der Waals surface area contributed by atoms with E-state index in [4.69, 9.17) is 0 Å². The maximum absolute atomic E-state index is 11.6. The van der Waals surface area contributed by atoms with Gasteiger partial charge in [-0.3, -0.25) is 9.69 Å². The Kier molecular flexibility index (Phi) is 4.35. The zero-order chi connectivity index (χ0) is 10.6. The van der Waals surface area contributed by atoms with Crippen molar-refractivity contribution < 1.29 is 9.90 Å². The Hall–Kier alpha value is -0.610. The van der Waals surface area contributed by atoms with Crippen molar-refractivity contribution in [3.8, 4) is 0 Å². The van der Waals surface area contributed by atoms with E-state index in [-0.39, 0.29) is 18.1 Å². The van der Waals surface area contributed by atoms with E-state index >= 15 is 0 Å². The number of aliphatic hydroxyl groups excluding tert-OH is 1. The summed E-state index contributed by atoms with van der Waals surface area (Å²) in [6.45, 7) is 6.11. The van der Waals surface area contributed by atoms with E-state index < -0.39 is 0 Å². The molecule has 1 fully saturated rings. The van der Waals surface area contributed by atoms with Crippen molar-refractivity contribution >= 4 is 5.91 Å². The van der Waals surface area contributed by atoms with Crippen molar-refractivity contribution in [3.05, 3.63) is 0 Å². The molecule has 0 radical (unpaired) electrons. The summed E-state index contributed by atoms with van der Waals surface area (Å²) in [6, 6.07) is -0.112. The summed E-state index contributed by atoms with van der Waals surface area (Å²) < 4.78 is 0. The first-order valence-corrected chi connectivity index (χ1v) is 5.35. The number of likely N-dealkylation sites (tertiary alicyclic amines) is 1. The van der Waals surface area contributed by atoms with Gasteiger partial charge in [0.15, 0.2) is 0 Å². The fourth-order valence-corrected chi connectivity index (χ4v) is 1.68. The van der Waals surface area contributed by atoms with Crippen molar-refractivity contribution in [3.63, 3.8) is 0 Å². The molecule has 0 aromatic heterocycles. The Morgan fingerprint density at radius 2 is 2.43 bits per heavy atom. The molecule has 0 aliphatic carbocycles. The van der Waals surface area contributed by atoms with Crippen LogP contribution < -0.4 is 5.32 Å². The molecule has 1 amide bonds. The molecule has 0 saturated carbocycles. The van der Waals surface area contributed by atoms with Crippen molar-refractivity contribution in [1.82, 2.24) is 10.2 Å². The number of nitrogens with zero attached hydrogens (tertiary/aromatic N) is 1. The predicted molar refractivity (Wildman–Crippen MR) is 55.0 cm³/mol. The van der Waals surface area contributed by atoms with Gasteiger partial charge in [-0.25, -0.2) is 0 Å². The van der Waals surface area contributed by atoms with Gasteiger partial charge < -0.3 is 10.4 Å². The van der Waals surface area contributed by atoms with E-state index in [1.165, 1.54) is 0 Å². The van der Waals surface area contributed by atoms with Crippen molar-refractivity contribution in [2.24, 2.45) is 0 Å². The zero-order valence-electron chi connectivity index (χ0n) is 8.99. The van der Waals surface area contributed by atoms with E-state index in [0.29, 0.717) is 6.54 Å². The highest BCUT2D eigenvalue weighted by atomic mass is 16.3. The summed E-state index contributed by atoms with van der Waals surface area (Å²) in [5.74, 6) is 0.0703. The highest BCUT2D eigenvalue weighted by molar-refractivity contribution is 5.81. The molecular weight excluding hydrogens is 180 g/mol. The molecule has 0 aromatic carbocycles. The summed E-state index contributed by atoms with van der Waals surface area (Å²) in [5.41, 5.74) is 0. The Morgan fingerprint density at radius 1 is 1.71 bits per heavy atom. The van der Waals surface area contributed by atoms with E-state index in [9.17, 15) is 9.90 Å². The molecule has 1 saturated heterocycles. The first-order valence-electron chi connectivity index (χ1n) is 5.35. The van der Waals surface area contributed by atoms with Gasteiger partial charge in [-0.15, -0.1) is 0 Å². The van der Waals surface area contributed by atoms with E-state index in [0.717, 1.165) is 25.9 Å². The molecule has 0 aromatic rings. The van der Waals surface area contributed by atoms with Crippen LogP contribution in [0.15, 0.2) is 0 Å². The minimum atomic E-state index is -0.253. The number of carbonyl (C=O) groups is 1.